The Morgan fingerprint density at radius 2 is 1.97 bits per heavy atom. The maximum Gasteiger partial charge on any atom is 0.262 e. The lowest BCUT2D eigenvalue weighted by molar-refractivity contribution is -0.135. The van der Waals surface area contributed by atoms with Crippen LogP contribution in [0.1, 0.15) is 36.7 Å². The van der Waals surface area contributed by atoms with Gasteiger partial charge in [-0.25, -0.2) is 4.98 Å². The molecule has 1 fully saturated rings. The van der Waals surface area contributed by atoms with Crippen LogP contribution in [0.3, 0.4) is 0 Å². The molecule has 0 bridgehead atoms. The van der Waals surface area contributed by atoms with Crippen molar-refractivity contribution in [1.29, 1.82) is 0 Å². The zero-order chi connectivity index (χ0) is 22.0. The molecule has 1 saturated heterocycles. The molecule has 1 aliphatic heterocycles. The van der Waals surface area contributed by atoms with Crippen LogP contribution in [0.15, 0.2) is 41.5 Å². The molecule has 3 aromatic rings. The topological polar surface area (TPSA) is 86.6 Å². The molecular weight excluding hydrogens is 396 g/mol. The Morgan fingerprint density at radius 3 is 2.68 bits per heavy atom. The summed E-state index contributed by atoms with van der Waals surface area (Å²) < 4.78 is 12.1. The Kier molecular flexibility index (Phi) is 5.88. The smallest absolute Gasteiger partial charge is 0.262 e. The number of benzene rings is 1. The number of amides is 1. The zero-order valence-electron chi connectivity index (χ0n) is 18.0. The lowest BCUT2D eigenvalue weighted by Crippen LogP contribution is -2.42. The minimum atomic E-state index is -0.272. The Labute approximate surface area is 180 Å². The molecule has 1 aromatic carbocycles. The van der Waals surface area contributed by atoms with E-state index in [1.165, 1.54) is 18.8 Å². The van der Waals surface area contributed by atoms with Crippen LogP contribution >= 0.6 is 0 Å². The van der Waals surface area contributed by atoms with Crippen LogP contribution in [0.4, 0.5) is 0 Å². The zero-order valence-corrected chi connectivity index (χ0v) is 18.0. The van der Waals surface area contributed by atoms with E-state index < -0.39 is 0 Å². The number of aromatic nitrogens is 3. The Bertz CT molecular complexity index is 1160. The summed E-state index contributed by atoms with van der Waals surface area (Å²) in [4.78, 5) is 37.1. The standard InChI is InChI=1S/C23H26N4O4/c1-15-25-18-12-21(31-3)20(30-2)11-17(18)23(29)27(15)14-22(28)26-10-5-4-8-19(26)16-7-6-9-24-13-16/h6-7,9,11-13,19H,4-5,8,10,14H2,1-3H3/t19-/m1/s1. The van der Waals surface area contributed by atoms with E-state index in [2.05, 4.69) is 9.97 Å². The number of nitrogens with zero attached hydrogens (tertiary/aromatic N) is 4. The average molecular weight is 422 g/mol. The number of likely N-dealkylation sites (tertiary alicyclic amines) is 1. The fraction of sp³-hybridized carbons (Fsp3) is 0.391. The third-order valence-electron chi connectivity index (χ3n) is 5.84. The van der Waals surface area contributed by atoms with Crippen LogP contribution in [0.5, 0.6) is 11.5 Å². The Balaban J connectivity index is 1.68. The molecule has 0 N–H and O–H groups in total. The normalized spacial score (nSPS) is 16.4. The number of carbonyl (C=O) groups is 1. The summed E-state index contributed by atoms with van der Waals surface area (Å²) in [6.45, 7) is 2.34. The predicted octanol–water partition coefficient (Wildman–Crippen LogP) is 2.87. The summed E-state index contributed by atoms with van der Waals surface area (Å²) in [6.07, 6.45) is 6.43. The van der Waals surface area contributed by atoms with Gasteiger partial charge in [0.2, 0.25) is 5.91 Å². The number of methoxy groups -OCH3 is 2. The quantitative estimate of drug-likeness (QED) is 0.628. The molecule has 8 nitrogen and oxygen atoms in total. The number of aryl methyl sites for hydroxylation is 1. The van der Waals surface area contributed by atoms with Gasteiger partial charge in [0.05, 0.1) is 31.2 Å². The van der Waals surface area contributed by atoms with Crippen LogP contribution in [0.25, 0.3) is 10.9 Å². The molecule has 31 heavy (non-hydrogen) atoms. The van der Waals surface area contributed by atoms with Gasteiger partial charge >= 0.3 is 0 Å². The summed E-state index contributed by atoms with van der Waals surface area (Å²) in [5, 5.41) is 0.388. The minimum Gasteiger partial charge on any atom is -0.493 e. The molecule has 8 heteroatoms. The molecule has 1 atom stereocenters. The van der Waals surface area contributed by atoms with E-state index >= 15 is 0 Å². The number of fused-ring (bicyclic) bond motifs is 1. The molecule has 0 spiro atoms. The van der Waals surface area contributed by atoms with E-state index in [0.29, 0.717) is 34.8 Å². The molecule has 0 radical (unpaired) electrons. The van der Waals surface area contributed by atoms with Gasteiger partial charge in [-0.1, -0.05) is 6.07 Å². The number of ether oxygens (including phenoxy) is 2. The van der Waals surface area contributed by atoms with Crippen LogP contribution in [-0.4, -0.2) is 46.1 Å². The SMILES string of the molecule is COc1cc2nc(C)n(CC(=O)N3CCCC[C@@H]3c3cccnc3)c(=O)c2cc1OC. The lowest BCUT2D eigenvalue weighted by atomic mass is 9.96. The highest BCUT2D eigenvalue weighted by Crippen LogP contribution is 2.32. The van der Waals surface area contributed by atoms with Crippen molar-refractivity contribution in [2.45, 2.75) is 38.8 Å². The number of carbonyl (C=O) groups excluding carboxylic acids is 1. The van der Waals surface area contributed by atoms with Crippen molar-refractivity contribution in [2.75, 3.05) is 20.8 Å². The second-order valence-electron chi connectivity index (χ2n) is 7.66. The second kappa shape index (κ2) is 8.75. The fourth-order valence-electron chi connectivity index (χ4n) is 4.22. The maximum atomic E-state index is 13.3. The van der Waals surface area contributed by atoms with Crippen molar-refractivity contribution in [3.05, 3.63) is 58.4 Å². The monoisotopic (exact) mass is 422 g/mol. The van der Waals surface area contributed by atoms with Gasteiger partial charge in [0, 0.05) is 25.0 Å². The van der Waals surface area contributed by atoms with Crippen molar-refractivity contribution in [3.8, 4) is 11.5 Å². The van der Waals surface area contributed by atoms with Gasteiger partial charge in [-0.3, -0.25) is 19.1 Å². The molecule has 162 valence electrons. The number of piperidine rings is 1. The van der Waals surface area contributed by atoms with E-state index in [-0.39, 0.29) is 24.1 Å². The first-order chi connectivity index (χ1) is 15.0. The highest BCUT2D eigenvalue weighted by atomic mass is 16.5. The third-order valence-corrected chi connectivity index (χ3v) is 5.84. The minimum absolute atomic E-state index is 0.0243. The Morgan fingerprint density at radius 1 is 1.19 bits per heavy atom. The highest BCUT2D eigenvalue weighted by Gasteiger charge is 2.29. The number of pyridine rings is 1. The molecule has 0 unspecified atom stereocenters. The van der Waals surface area contributed by atoms with Gasteiger partial charge in [0.1, 0.15) is 12.4 Å². The van der Waals surface area contributed by atoms with Crippen LogP contribution < -0.4 is 15.0 Å². The molecule has 0 aliphatic carbocycles. The van der Waals surface area contributed by atoms with Gasteiger partial charge in [0.25, 0.3) is 5.56 Å². The predicted molar refractivity (Wildman–Crippen MR) is 116 cm³/mol. The van der Waals surface area contributed by atoms with Crippen LogP contribution in [0, 0.1) is 6.92 Å². The van der Waals surface area contributed by atoms with Crippen LogP contribution in [0.2, 0.25) is 0 Å². The molecule has 0 saturated carbocycles. The fourth-order valence-corrected chi connectivity index (χ4v) is 4.22. The van der Waals surface area contributed by atoms with Gasteiger partial charge in [-0.15, -0.1) is 0 Å². The van der Waals surface area contributed by atoms with Crippen molar-refractivity contribution >= 4 is 16.8 Å². The summed E-state index contributed by atoms with van der Waals surface area (Å²) in [5.41, 5.74) is 1.26. The number of hydrogen-bond acceptors (Lipinski definition) is 6. The largest absolute Gasteiger partial charge is 0.493 e. The van der Waals surface area contributed by atoms with Crippen molar-refractivity contribution in [1.82, 2.24) is 19.4 Å². The first-order valence-corrected chi connectivity index (χ1v) is 10.4. The van der Waals surface area contributed by atoms with E-state index in [0.717, 1.165) is 24.8 Å². The third kappa shape index (κ3) is 3.97. The molecule has 4 rings (SSSR count). The van der Waals surface area contributed by atoms with Gasteiger partial charge < -0.3 is 14.4 Å². The highest BCUT2D eigenvalue weighted by molar-refractivity contribution is 5.83. The summed E-state index contributed by atoms with van der Waals surface area (Å²) in [5.74, 6) is 1.33. The van der Waals surface area contributed by atoms with Crippen molar-refractivity contribution in [3.63, 3.8) is 0 Å². The molecule has 3 heterocycles. The second-order valence-corrected chi connectivity index (χ2v) is 7.66. The van der Waals surface area contributed by atoms with Gasteiger partial charge in [0.15, 0.2) is 11.5 Å². The van der Waals surface area contributed by atoms with Crippen LogP contribution in [-0.2, 0) is 11.3 Å². The maximum absolute atomic E-state index is 13.3. The van der Waals surface area contributed by atoms with E-state index in [9.17, 15) is 9.59 Å². The molecule has 1 aliphatic rings. The molecular formula is C23H26N4O4. The first kappa shape index (κ1) is 20.8. The average Bonchev–Trinajstić information content (AvgIpc) is 2.81. The van der Waals surface area contributed by atoms with Gasteiger partial charge in [-0.05, 0) is 43.9 Å². The van der Waals surface area contributed by atoms with Crippen molar-refractivity contribution in [2.24, 2.45) is 0 Å². The molecule has 2 aromatic heterocycles. The summed E-state index contributed by atoms with van der Waals surface area (Å²) >= 11 is 0. The first-order valence-electron chi connectivity index (χ1n) is 10.4. The van der Waals surface area contributed by atoms with E-state index in [1.54, 1.807) is 25.3 Å². The summed E-state index contributed by atoms with van der Waals surface area (Å²) in [7, 11) is 3.05. The van der Waals surface area contributed by atoms with E-state index in [1.807, 2.05) is 23.2 Å². The summed E-state index contributed by atoms with van der Waals surface area (Å²) in [6, 6.07) is 7.15. The Hall–Kier alpha value is -3.42. The lowest BCUT2D eigenvalue weighted by Gasteiger charge is -2.36. The number of hydrogen-bond donors (Lipinski definition) is 0. The molecule has 1 amide bonds. The number of rotatable bonds is 5. The van der Waals surface area contributed by atoms with Gasteiger partial charge in [-0.2, -0.15) is 0 Å². The van der Waals surface area contributed by atoms with E-state index in [4.69, 9.17) is 9.47 Å². The van der Waals surface area contributed by atoms with Crippen molar-refractivity contribution < 1.29 is 14.3 Å².